The maximum absolute atomic E-state index is 10.1. The molecule has 0 spiro atoms. The lowest BCUT2D eigenvalue weighted by Gasteiger charge is -1.80. The minimum atomic E-state index is 0.204. The smallest absolute Gasteiger partial charge is 0.220 e. The Hall–Kier alpha value is -1.05. The van der Waals surface area contributed by atoms with Gasteiger partial charge in [0.15, 0.2) is 0 Å². The third-order valence-corrected chi connectivity index (χ3v) is 1.41. The Morgan fingerprint density at radius 2 is 2.42 bits per heavy atom. The molecule has 68 valence electrons. The highest BCUT2D eigenvalue weighted by Gasteiger charge is 2.05. The van der Waals surface area contributed by atoms with Gasteiger partial charge >= 0.3 is 0 Å². The number of rotatable bonds is 2. The molecule has 0 saturated carbocycles. The standard InChI is InChI=1S/C6H10.C4H7NO/c1-3-5-6-4-2;6-4-2-1-3-5-4/h3,5-6H,1,4H2,2H3;1-3H2,(H,5,6). The second-order valence-electron chi connectivity index (χ2n) is 2.53. The van der Waals surface area contributed by atoms with E-state index in [1.54, 1.807) is 6.08 Å². The molecule has 0 bridgehead atoms. The number of carbonyl (C=O) groups excluding carboxylic acids is 1. The number of carbonyl (C=O) groups is 1. The molecule has 1 aliphatic heterocycles. The fraction of sp³-hybridized carbons (Fsp3) is 0.500. The Morgan fingerprint density at radius 1 is 1.67 bits per heavy atom. The molecule has 2 nitrogen and oxygen atoms in total. The third-order valence-electron chi connectivity index (χ3n) is 1.41. The van der Waals surface area contributed by atoms with Crippen LogP contribution in [0.1, 0.15) is 26.2 Å². The molecule has 0 unspecified atom stereocenters. The molecule has 2 heteroatoms. The average molecular weight is 167 g/mol. The van der Waals surface area contributed by atoms with Gasteiger partial charge in [0.1, 0.15) is 0 Å². The summed E-state index contributed by atoms with van der Waals surface area (Å²) in [5.41, 5.74) is 0. The lowest BCUT2D eigenvalue weighted by atomic mass is 10.4. The SMILES string of the molecule is C=CC=CCC.O=C1CCCN1. The van der Waals surface area contributed by atoms with Crippen LogP contribution in [-0.2, 0) is 4.79 Å². The van der Waals surface area contributed by atoms with Crippen LogP contribution >= 0.6 is 0 Å². The Kier molecular flexibility index (Phi) is 7.35. The van der Waals surface area contributed by atoms with Gasteiger partial charge in [0.25, 0.3) is 0 Å². The Balaban J connectivity index is 0.000000202. The van der Waals surface area contributed by atoms with E-state index in [9.17, 15) is 4.79 Å². The van der Waals surface area contributed by atoms with E-state index in [0.717, 1.165) is 25.8 Å². The van der Waals surface area contributed by atoms with Gasteiger partial charge in [0, 0.05) is 13.0 Å². The molecule has 0 aromatic carbocycles. The number of amides is 1. The quantitative estimate of drug-likeness (QED) is 0.626. The van der Waals surface area contributed by atoms with Crippen LogP contribution in [-0.4, -0.2) is 12.5 Å². The molecular formula is C10H17NO. The van der Waals surface area contributed by atoms with Crippen LogP contribution in [0.4, 0.5) is 0 Å². The zero-order valence-corrected chi connectivity index (χ0v) is 7.68. The zero-order chi connectivity index (χ0) is 9.23. The zero-order valence-electron chi connectivity index (χ0n) is 7.68. The first-order chi connectivity index (χ1) is 5.81. The number of hydrogen-bond acceptors (Lipinski definition) is 1. The Bertz CT molecular complexity index is 153. The number of nitrogens with one attached hydrogen (secondary N) is 1. The van der Waals surface area contributed by atoms with E-state index in [2.05, 4.69) is 24.9 Å². The molecule has 1 heterocycles. The van der Waals surface area contributed by atoms with E-state index in [1.165, 1.54) is 0 Å². The normalized spacial score (nSPS) is 15.2. The first-order valence-electron chi connectivity index (χ1n) is 4.35. The minimum Gasteiger partial charge on any atom is -0.356 e. The van der Waals surface area contributed by atoms with Gasteiger partial charge in [-0.05, 0) is 12.8 Å². The predicted octanol–water partition coefficient (Wildman–Crippen LogP) is 2.04. The first-order valence-corrected chi connectivity index (χ1v) is 4.35. The summed E-state index contributed by atoms with van der Waals surface area (Å²) in [7, 11) is 0. The van der Waals surface area contributed by atoms with Crippen LogP contribution in [0.3, 0.4) is 0 Å². The summed E-state index contributed by atoms with van der Waals surface area (Å²) in [6.45, 7) is 6.50. The summed E-state index contributed by atoms with van der Waals surface area (Å²) in [4.78, 5) is 10.1. The van der Waals surface area contributed by atoms with Gasteiger partial charge in [-0.25, -0.2) is 0 Å². The van der Waals surface area contributed by atoms with Crippen molar-refractivity contribution in [3.8, 4) is 0 Å². The van der Waals surface area contributed by atoms with Gasteiger partial charge < -0.3 is 5.32 Å². The van der Waals surface area contributed by atoms with Crippen LogP contribution in [0.5, 0.6) is 0 Å². The molecule has 0 atom stereocenters. The van der Waals surface area contributed by atoms with E-state index < -0.39 is 0 Å². The average Bonchev–Trinajstić information content (AvgIpc) is 2.53. The van der Waals surface area contributed by atoms with Crippen molar-refractivity contribution in [3.63, 3.8) is 0 Å². The monoisotopic (exact) mass is 167 g/mol. The summed E-state index contributed by atoms with van der Waals surface area (Å²) in [6, 6.07) is 0. The highest BCUT2D eigenvalue weighted by molar-refractivity contribution is 5.77. The second kappa shape index (κ2) is 8.05. The van der Waals surface area contributed by atoms with Crippen molar-refractivity contribution in [3.05, 3.63) is 24.8 Å². The van der Waals surface area contributed by atoms with Crippen molar-refractivity contribution in [2.45, 2.75) is 26.2 Å². The minimum absolute atomic E-state index is 0.204. The largest absolute Gasteiger partial charge is 0.356 e. The van der Waals surface area contributed by atoms with Crippen molar-refractivity contribution in [1.29, 1.82) is 0 Å². The summed E-state index contributed by atoms with van der Waals surface area (Å²) in [5, 5.41) is 2.68. The van der Waals surface area contributed by atoms with E-state index in [-0.39, 0.29) is 5.91 Å². The van der Waals surface area contributed by atoms with Crippen LogP contribution in [0.2, 0.25) is 0 Å². The summed E-state index contributed by atoms with van der Waals surface area (Å²) in [5.74, 6) is 0.204. The van der Waals surface area contributed by atoms with Crippen LogP contribution in [0.15, 0.2) is 24.8 Å². The lowest BCUT2D eigenvalue weighted by Crippen LogP contribution is -2.12. The first kappa shape index (κ1) is 11.0. The molecule has 1 N–H and O–H groups in total. The number of allylic oxidation sites excluding steroid dienone is 3. The van der Waals surface area contributed by atoms with Crippen LogP contribution in [0, 0.1) is 0 Å². The topological polar surface area (TPSA) is 29.1 Å². The highest BCUT2D eigenvalue weighted by atomic mass is 16.1. The van der Waals surface area contributed by atoms with Crippen molar-refractivity contribution in [1.82, 2.24) is 5.32 Å². The summed E-state index contributed by atoms with van der Waals surface area (Å²) in [6.07, 6.45) is 8.65. The van der Waals surface area contributed by atoms with E-state index in [1.807, 2.05) is 6.08 Å². The molecule has 12 heavy (non-hydrogen) atoms. The molecule has 0 aromatic heterocycles. The van der Waals surface area contributed by atoms with Crippen molar-refractivity contribution >= 4 is 5.91 Å². The molecule has 1 amide bonds. The van der Waals surface area contributed by atoms with E-state index in [0.29, 0.717) is 0 Å². The van der Waals surface area contributed by atoms with E-state index >= 15 is 0 Å². The van der Waals surface area contributed by atoms with Gasteiger partial charge in [0.2, 0.25) is 5.91 Å². The fourth-order valence-corrected chi connectivity index (χ4v) is 0.797. The Labute approximate surface area is 74.4 Å². The van der Waals surface area contributed by atoms with Crippen LogP contribution in [0.25, 0.3) is 0 Å². The molecule has 0 aromatic rings. The van der Waals surface area contributed by atoms with Gasteiger partial charge in [-0.3, -0.25) is 4.79 Å². The van der Waals surface area contributed by atoms with Crippen molar-refractivity contribution in [2.24, 2.45) is 0 Å². The maximum atomic E-state index is 10.1. The molecule has 1 rings (SSSR count). The third kappa shape index (κ3) is 7.06. The second-order valence-corrected chi connectivity index (χ2v) is 2.53. The molecule has 1 saturated heterocycles. The highest BCUT2D eigenvalue weighted by Crippen LogP contribution is 1.93. The fourth-order valence-electron chi connectivity index (χ4n) is 0.797. The maximum Gasteiger partial charge on any atom is 0.220 e. The van der Waals surface area contributed by atoms with E-state index in [4.69, 9.17) is 0 Å². The summed E-state index contributed by atoms with van der Waals surface area (Å²) < 4.78 is 0. The number of hydrogen-bond donors (Lipinski definition) is 1. The Morgan fingerprint density at radius 3 is 2.58 bits per heavy atom. The van der Waals surface area contributed by atoms with Crippen molar-refractivity contribution in [2.75, 3.05) is 6.54 Å². The van der Waals surface area contributed by atoms with Gasteiger partial charge in [0.05, 0.1) is 0 Å². The molecule has 0 aliphatic carbocycles. The molecular weight excluding hydrogens is 150 g/mol. The van der Waals surface area contributed by atoms with Gasteiger partial charge in [-0.15, -0.1) is 0 Å². The molecule has 1 fully saturated rings. The van der Waals surface area contributed by atoms with Crippen LogP contribution < -0.4 is 5.32 Å². The van der Waals surface area contributed by atoms with Gasteiger partial charge in [-0.2, -0.15) is 0 Å². The predicted molar refractivity (Wildman–Crippen MR) is 51.9 cm³/mol. The lowest BCUT2D eigenvalue weighted by molar-refractivity contribution is -0.119. The molecule has 0 radical (unpaired) electrons. The summed E-state index contributed by atoms with van der Waals surface area (Å²) >= 11 is 0. The van der Waals surface area contributed by atoms with Gasteiger partial charge in [-0.1, -0.05) is 31.7 Å². The molecule has 1 aliphatic rings. The van der Waals surface area contributed by atoms with Crippen molar-refractivity contribution < 1.29 is 4.79 Å².